The van der Waals surface area contributed by atoms with Gasteiger partial charge in [0.1, 0.15) is 11.6 Å². The van der Waals surface area contributed by atoms with Gasteiger partial charge in [0, 0.05) is 18.7 Å². The maximum atomic E-state index is 6.14. The largest absolute Gasteiger partial charge is 0.494 e. The van der Waals surface area contributed by atoms with Gasteiger partial charge >= 0.3 is 0 Å². The average Bonchev–Trinajstić information content (AvgIpc) is 3.27. The lowest BCUT2D eigenvalue weighted by Crippen LogP contribution is -2.39. The predicted octanol–water partition coefficient (Wildman–Crippen LogP) is 6.18. The van der Waals surface area contributed by atoms with Gasteiger partial charge in [-0.25, -0.2) is 4.99 Å². The second kappa shape index (κ2) is 11.6. The molecule has 0 N–H and O–H groups in total. The fourth-order valence-corrected chi connectivity index (χ4v) is 5.32. The highest BCUT2D eigenvalue weighted by atomic mass is 31.1. The summed E-state index contributed by atoms with van der Waals surface area (Å²) >= 11 is 0. The van der Waals surface area contributed by atoms with Crippen molar-refractivity contribution in [1.82, 2.24) is 4.90 Å². The highest BCUT2D eigenvalue weighted by Crippen LogP contribution is 2.37. The maximum Gasteiger partial charge on any atom is 0.119 e. The molecule has 1 saturated carbocycles. The van der Waals surface area contributed by atoms with Crippen LogP contribution in [0.25, 0.3) is 5.70 Å². The Morgan fingerprint density at radius 3 is 2.88 bits per heavy atom. The van der Waals surface area contributed by atoms with Crippen LogP contribution in [0.3, 0.4) is 0 Å². The van der Waals surface area contributed by atoms with E-state index < -0.39 is 0 Å². The number of amidine groups is 1. The van der Waals surface area contributed by atoms with E-state index in [1.165, 1.54) is 17.3 Å². The first-order valence-electron chi connectivity index (χ1n) is 11.8. The van der Waals surface area contributed by atoms with Crippen LogP contribution in [-0.2, 0) is 4.74 Å². The van der Waals surface area contributed by atoms with E-state index in [0.29, 0.717) is 0 Å². The van der Waals surface area contributed by atoms with Gasteiger partial charge in [0.25, 0.3) is 0 Å². The van der Waals surface area contributed by atoms with Crippen LogP contribution >= 0.6 is 8.58 Å². The van der Waals surface area contributed by atoms with Crippen LogP contribution in [-0.4, -0.2) is 49.8 Å². The lowest BCUT2D eigenvalue weighted by Gasteiger charge is -2.28. The second-order valence-electron chi connectivity index (χ2n) is 8.59. The van der Waals surface area contributed by atoms with E-state index in [1.54, 1.807) is 5.57 Å². The highest BCUT2D eigenvalue weighted by molar-refractivity contribution is 7.42. The van der Waals surface area contributed by atoms with Gasteiger partial charge in [-0.1, -0.05) is 50.8 Å². The highest BCUT2D eigenvalue weighted by Gasteiger charge is 2.20. The van der Waals surface area contributed by atoms with Gasteiger partial charge in [-0.2, -0.15) is 0 Å². The van der Waals surface area contributed by atoms with Crippen molar-refractivity contribution in [3.8, 4) is 5.75 Å². The molecule has 1 saturated heterocycles. The first-order valence-corrected chi connectivity index (χ1v) is 13.1. The standard InChI is InChI=1S/C27H35N2O2P/c1-21-7-3-12-26(21)27(28-22(2)29-13-16-30-17-14-29)24-10-4-11-25(19-24)31-15-5-8-23-9-6-18-32-20-23/h4,6,9-11,18-19,32H,1,3,5,7-8,12-17,20H2,2H3/b27-26-,28-22?. The summed E-state index contributed by atoms with van der Waals surface area (Å²) in [5.74, 6) is 4.24. The van der Waals surface area contributed by atoms with E-state index in [9.17, 15) is 0 Å². The Kier molecular flexibility index (Phi) is 8.36. The molecule has 32 heavy (non-hydrogen) atoms. The van der Waals surface area contributed by atoms with Gasteiger partial charge in [0.2, 0.25) is 0 Å². The Balaban J connectivity index is 1.48. The number of aliphatic imine (C=N–C) groups is 1. The number of benzene rings is 1. The number of rotatable bonds is 7. The molecule has 5 heteroatoms. The summed E-state index contributed by atoms with van der Waals surface area (Å²) in [6.07, 6.45) is 11.1. The summed E-state index contributed by atoms with van der Waals surface area (Å²) in [6, 6.07) is 8.43. The van der Waals surface area contributed by atoms with E-state index >= 15 is 0 Å². The third-order valence-electron chi connectivity index (χ3n) is 6.25. The third-order valence-corrected chi connectivity index (χ3v) is 7.34. The van der Waals surface area contributed by atoms with Crippen LogP contribution in [0.4, 0.5) is 0 Å². The normalized spacial score (nSPS) is 21.8. The molecule has 0 radical (unpaired) electrons. The van der Waals surface area contributed by atoms with E-state index in [4.69, 9.17) is 14.5 Å². The smallest absolute Gasteiger partial charge is 0.119 e. The second-order valence-corrected chi connectivity index (χ2v) is 9.68. The number of allylic oxidation sites excluding steroid dienone is 5. The monoisotopic (exact) mass is 450 g/mol. The summed E-state index contributed by atoms with van der Waals surface area (Å²) < 4.78 is 11.6. The van der Waals surface area contributed by atoms with Crippen LogP contribution in [0.2, 0.25) is 0 Å². The Bertz CT molecular complexity index is 939. The fourth-order valence-electron chi connectivity index (χ4n) is 4.41. The van der Waals surface area contributed by atoms with Gasteiger partial charge in [0.15, 0.2) is 0 Å². The van der Waals surface area contributed by atoms with Crippen molar-refractivity contribution in [3.05, 3.63) is 71.1 Å². The van der Waals surface area contributed by atoms with Crippen LogP contribution in [0.5, 0.6) is 5.75 Å². The molecule has 0 spiro atoms. The van der Waals surface area contributed by atoms with Crippen molar-refractivity contribution in [2.24, 2.45) is 4.99 Å². The minimum atomic E-state index is 0.738. The predicted molar refractivity (Wildman–Crippen MR) is 137 cm³/mol. The quantitative estimate of drug-likeness (QED) is 0.215. The van der Waals surface area contributed by atoms with Gasteiger partial charge in [-0.15, -0.1) is 0 Å². The molecular weight excluding hydrogens is 415 g/mol. The Hall–Kier alpha value is -2.16. The fraction of sp³-hybridized carbons (Fsp3) is 0.444. The zero-order chi connectivity index (χ0) is 22.2. The van der Waals surface area contributed by atoms with Gasteiger partial charge in [0.05, 0.1) is 25.5 Å². The first kappa shape index (κ1) is 23.0. The van der Waals surface area contributed by atoms with E-state index in [-0.39, 0.29) is 0 Å². The van der Waals surface area contributed by atoms with Crippen molar-refractivity contribution >= 4 is 20.1 Å². The lowest BCUT2D eigenvalue weighted by molar-refractivity contribution is 0.0678. The number of ether oxygens (including phenoxy) is 2. The minimum absolute atomic E-state index is 0.738. The Morgan fingerprint density at radius 1 is 1.25 bits per heavy atom. The molecule has 2 fully saturated rings. The van der Waals surface area contributed by atoms with Gasteiger partial charge < -0.3 is 14.4 Å². The molecule has 170 valence electrons. The van der Waals surface area contributed by atoms with Gasteiger partial charge in [-0.05, 0) is 68.5 Å². The molecule has 1 aliphatic carbocycles. The number of hydrogen-bond acceptors (Lipinski definition) is 3. The number of morpholine rings is 1. The van der Waals surface area contributed by atoms with E-state index in [2.05, 4.69) is 60.6 Å². The van der Waals surface area contributed by atoms with Gasteiger partial charge in [-0.3, -0.25) is 0 Å². The molecule has 1 aromatic carbocycles. The topological polar surface area (TPSA) is 34.1 Å². The first-order chi connectivity index (χ1) is 15.7. The summed E-state index contributed by atoms with van der Waals surface area (Å²) in [5.41, 5.74) is 6.24. The maximum absolute atomic E-state index is 6.14. The summed E-state index contributed by atoms with van der Waals surface area (Å²) in [7, 11) is 0.936. The Morgan fingerprint density at radius 2 is 2.12 bits per heavy atom. The third kappa shape index (κ3) is 6.21. The van der Waals surface area contributed by atoms with E-state index in [0.717, 1.165) is 96.4 Å². The lowest BCUT2D eigenvalue weighted by atomic mass is 10.0. The van der Waals surface area contributed by atoms with Crippen molar-refractivity contribution in [2.45, 2.75) is 39.0 Å². The molecule has 2 aliphatic heterocycles. The van der Waals surface area contributed by atoms with Crippen molar-refractivity contribution in [2.75, 3.05) is 39.1 Å². The average molecular weight is 451 g/mol. The van der Waals surface area contributed by atoms with Crippen molar-refractivity contribution in [3.63, 3.8) is 0 Å². The molecule has 0 bridgehead atoms. The molecule has 1 atom stereocenters. The molecule has 2 heterocycles. The molecule has 0 amide bonds. The zero-order valence-corrected chi connectivity index (χ0v) is 20.2. The van der Waals surface area contributed by atoms with Crippen LogP contribution in [0.1, 0.15) is 44.6 Å². The molecule has 1 aromatic rings. The van der Waals surface area contributed by atoms with Crippen LogP contribution in [0.15, 0.2) is 70.5 Å². The van der Waals surface area contributed by atoms with E-state index in [1.807, 2.05) is 0 Å². The molecule has 1 unspecified atom stereocenters. The number of hydrogen-bond donors (Lipinski definition) is 0. The van der Waals surface area contributed by atoms with Crippen LogP contribution in [0, 0.1) is 0 Å². The zero-order valence-electron chi connectivity index (χ0n) is 19.2. The molecule has 3 aliphatic rings. The summed E-state index contributed by atoms with van der Waals surface area (Å²) in [6.45, 7) is 10.5. The van der Waals surface area contributed by atoms with Crippen LogP contribution < -0.4 is 4.74 Å². The number of nitrogens with zero attached hydrogens (tertiary/aromatic N) is 2. The summed E-state index contributed by atoms with van der Waals surface area (Å²) in [5, 5.41) is 0. The molecule has 4 nitrogen and oxygen atoms in total. The minimum Gasteiger partial charge on any atom is -0.494 e. The Labute approximate surface area is 194 Å². The molecule has 4 rings (SSSR count). The SMILES string of the molecule is C=C1CCC/C1=C(/N=C(C)N1CCOCC1)c1cccc(OCCCC2=CC=CPC2)c1. The van der Waals surface area contributed by atoms with Crippen molar-refractivity contribution in [1.29, 1.82) is 0 Å². The summed E-state index contributed by atoms with van der Waals surface area (Å²) in [4.78, 5) is 7.46. The molecule has 0 aromatic heterocycles. The molecular formula is C27H35N2O2P. The van der Waals surface area contributed by atoms with Crippen molar-refractivity contribution < 1.29 is 9.47 Å².